The zero-order valence-electron chi connectivity index (χ0n) is 19.4. The van der Waals surface area contributed by atoms with E-state index in [0.29, 0.717) is 43.2 Å². The molecule has 0 fully saturated rings. The number of ether oxygens (including phenoxy) is 2. The number of nitrogens with one attached hydrogen (secondary N) is 1. The van der Waals surface area contributed by atoms with Gasteiger partial charge in [0.15, 0.2) is 9.84 Å². The molecule has 0 saturated carbocycles. The molecule has 0 saturated heterocycles. The zero-order valence-corrected chi connectivity index (χ0v) is 20.2. The molecule has 180 valence electrons. The van der Waals surface area contributed by atoms with E-state index in [0.717, 1.165) is 19.1 Å². The minimum atomic E-state index is -3.29. The molecule has 0 unspecified atom stereocenters. The molecular weight excluding hydrogens is 444 g/mol. The van der Waals surface area contributed by atoms with Crippen LogP contribution in [0.5, 0.6) is 11.5 Å². The summed E-state index contributed by atoms with van der Waals surface area (Å²) < 4.78 is 34.4. The quantitative estimate of drug-likeness (QED) is 0.446. The Morgan fingerprint density at radius 3 is 2.30 bits per heavy atom. The van der Waals surface area contributed by atoms with Gasteiger partial charge in [0.2, 0.25) is 5.91 Å². The average molecular weight is 477 g/mol. The maximum Gasteiger partial charge on any atom is 0.251 e. The Hall–Kier alpha value is -3.07. The van der Waals surface area contributed by atoms with Gasteiger partial charge in [-0.3, -0.25) is 9.59 Å². The van der Waals surface area contributed by atoms with E-state index in [1.54, 1.807) is 43.4 Å². The van der Waals surface area contributed by atoms with Crippen molar-refractivity contribution in [3.8, 4) is 11.5 Å². The monoisotopic (exact) mass is 476 g/mol. The average Bonchev–Trinajstić information content (AvgIpc) is 2.80. The first-order chi connectivity index (χ1) is 15.7. The van der Waals surface area contributed by atoms with Crippen LogP contribution in [0.3, 0.4) is 0 Å². The van der Waals surface area contributed by atoms with E-state index in [9.17, 15) is 18.0 Å². The van der Waals surface area contributed by atoms with Gasteiger partial charge in [-0.2, -0.15) is 0 Å². The highest BCUT2D eigenvalue weighted by Crippen LogP contribution is 2.17. The summed E-state index contributed by atoms with van der Waals surface area (Å²) in [6.07, 6.45) is 3.72. The third-order valence-corrected chi connectivity index (χ3v) is 5.96. The van der Waals surface area contributed by atoms with Crippen LogP contribution in [0, 0.1) is 0 Å². The van der Waals surface area contributed by atoms with Gasteiger partial charge in [-0.15, -0.1) is 0 Å². The molecule has 0 aliphatic heterocycles. The molecule has 0 bridgehead atoms. The number of hydrogen-bond acceptors (Lipinski definition) is 6. The summed E-state index contributed by atoms with van der Waals surface area (Å²) in [6.45, 7) is 3.38. The summed E-state index contributed by atoms with van der Waals surface area (Å²) >= 11 is 0. The fourth-order valence-corrected chi connectivity index (χ4v) is 3.50. The standard InChI is InChI=1S/C24H32N2O6S/c1-4-5-15-31-20-12-10-19(11-13-20)24(28)25-18-23(27)26(2)14-7-16-32-21-8-6-9-22(17-21)33(3,29)30/h6,8-13,17H,4-5,7,14-16,18H2,1-3H3,(H,25,28). The third kappa shape index (κ3) is 9.13. The molecule has 0 radical (unpaired) electrons. The second kappa shape index (κ2) is 12.8. The number of nitrogens with zero attached hydrogens (tertiary/aromatic N) is 1. The molecular formula is C24H32N2O6S. The van der Waals surface area contributed by atoms with Crippen LogP contribution in [0.1, 0.15) is 36.5 Å². The lowest BCUT2D eigenvalue weighted by Crippen LogP contribution is -2.38. The van der Waals surface area contributed by atoms with Gasteiger partial charge < -0.3 is 19.7 Å². The lowest BCUT2D eigenvalue weighted by atomic mass is 10.2. The Balaban J connectivity index is 1.70. The summed E-state index contributed by atoms with van der Waals surface area (Å²) in [5.74, 6) is 0.620. The van der Waals surface area contributed by atoms with Crippen LogP contribution in [0.15, 0.2) is 53.4 Å². The number of sulfone groups is 1. The van der Waals surface area contributed by atoms with E-state index < -0.39 is 9.84 Å². The molecule has 2 aromatic carbocycles. The smallest absolute Gasteiger partial charge is 0.251 e. The summed E-state index contributed by atoms with van der Waals surface area (Å²) in [6, 6.07) is 13.1. The van der Waals surface area contributed by atoms with Crippen molar-refractivity contribution < 1.29 is 27.5 Å². The normalized spacial score (nSPS) is 11.0. The maximum absolute atomic E-state index is 12.3. The molecule has 0 atom stereocenters. The number of unbranched alkanes of at least 4 members (excludes halogenated alkanes) is 1. The van der Waals surface area contributed by atoms with Crippen molar-refractivity contribution in [3.63, 3.8) is 0 Å². The maximum atomic E-state index is 12.3. The Bertz CT molecular complexity index is 1020. The second-order valence-electron chi connectivity index (χ2n) is 7.67. The minimum absolute atomic E-state index is 0.110. The predicted octanol–water partition coefficient (Wildman–Crippen LogP) is 2.93. The number of hydrogen-bond donors (Lipinski definition) is 1. The molecule has 0 heterocycles. The van der Waals surface area contributed by atoms with Crippen molar-refractivity contribution in [3.05, 3.63) is 54.1 Å². The number of likely N-dealkylation sites (N-methyl/N-ethyl adjacent to an activating group) is 1. The Morgan fingerprint density at radius 2 is 1.64 bits per heavy atom. The first-order valence-corrected chi connectivity index (χ1v) is 12.8. The number of carbonyl (C=O) groups is 2. The topological polar surface area (TPSA) is 102 Å². The van der Waals surface area contributed by atoms with Crippen molar-refractivity contribution in [1.29, 1.82) is 0 Å². The van der Waals surface area contributed by atoms with Gasteiger partial charge in [-0.25, -0.2) is 8.42 Å². The Morgan fingerprint density at radius 1 is 0.970 bits per heavy atom. The van der Waals surface area contributed by atoms with Crippen molar-refractivity contribution in [2.45, 2.75) is 31.1 Å². The highest BCUT2D eigenvalue weighted by molar-refractivity contribution is 7.90. The fourth-order valence-electron chi connectivity index (χ4n) is 2.84. The summed E-state index contributed by atoms with van der Waals surface area (Å²) in [5, 5.41) is 2.63. The molecule has 9 heteroatoms. The molecule has 1 N–H and O–H groups in total. The van der Waals surface area contributed by atoms with E-state index in [1.165, 1.54) is 17.0 Å². The van der Waals surface area contributed by atoms with Gasteiger partial charge in [0.25, 0.3) is 5.91 Å². The highest BCUT2D eigenvalue weighted by Gasteiger charge is 2.12. The molecule has 2 aromatic rings. The molecule has 2 amide bonds. The first kappa shape index (κ1) is 26.2. The van der Waals surface area contributed by atoms with Gasteiger partial charge in [-0.05, 0) is 55.3 Å². The third-order valence-electron chi connectivity index (χ3n) is 4.85. The van der Waals surface area contributed by atoms with E-state index in [-0.39, 0.29) is 23.3 Å². The van der Waals surface area contributed by atoms with Crippen molar-refractivity contribution in [2.24, 2.45) is 0 Å². The fraction of sp³-hybridized carbons (Fsp3) is 0.417. The van der Waals surface area contributed by atoms with Crippen LogP contribution < -0.4 is 14.8 Å². The van der Waals surface area contributed by atoms with Crippen molar-refractivity contribution >= 4 is 21.7 Å². The van der Waals surface area contributed by atoms with Crippen molar-refractivity contribution in [2.75, 3.05) is 39.6 Å². The minimum Gasteiger partial charge on any atom is -0.494 e. The molecule has 0 aromatic heterocycles. The second-order valence-corrected chi connectivity index (χ2v) is 9.69. The van der Waals surface area contributed by atoms with E-state index >= 15 is 0 Å². The van der Waals surface area contributed by atoms with Gasteiger partial charge in [0.1, 0.15) is 11.5 Å². The number of carbonyl (C=O) groups excluding carboxylic acids is 2. The van der Waals surface area contributed by atoms with E-state index in [4.69, 9.17) is 9.47 Å². The Kier molecular flexibility index (Phi) is 10.2. The lowest BCUT2D eigenvalue weighted by Gasteiger charge is -2.17. The largest absolute Gasteiger partial charge is 0.494 e. The summed E-state index contributed by atoms with van der Waals surface area (Å²) in [4.78, 5) is 26.3. The molecule has 0 aliphatic rings. The van der Waals surface area contributed by atoms with Gasteiger partial charge in [-0.1, -0.05) is 19.4 Å². The van der Waals surface area contributed by atoms with Crippen LogP contribution in [0.4, 0.5) is 0 Å². The van der Waals surface area contributed by atoms with Gasteiger partial charge >= 0.3 is 0 Å². The molecule has 33 heavy (non-hydrogen) atoms. The molecule has 2 rings (SSSR count). The lowest BCUT2D eigenvalue weighted by molar-refractivity contribution is -0.128. The first-order valence-electron chi connectivity index (χ1n) is 10.9. The van der Waals surface area contributed by atoms with E-state index in [1.807, 2.05) is 0 Å². The number of benzene rings is 2. The van der Waals surface area contributed by atoms with Crippen LogP contribution in [-0.4, -0.2) is 64.7 Å². The SMILES string of the molecule is CCCCOc1ccc(C(=O)NCC(=O)N(C)CCCOc2cccc(S(C)(=O)=O)c2)cc1. The highest BCUT2D eigenvalue weighted by atomic mass is 32.2. The van der Waals surface area contributed by atoms with Crippen LogP contribution in [0.25, 0.3) is 0 Å². The van der Waals surface area contributed by atoms with Gasteiger partial charge in [0.05, 0.1) is 24.7 Å². The zero-order chi connectivity index (χ0) is 24.3. The van der Waals surface area contributed by atoms with Crippen molar-refractivity contribution in [1.82, 2.24) is 10.2 Å². The van der Waals surface area contributed by atoms with Crippen LogP contribution in [0.2, 0.25) is 0 Å². The van der Waals surface area contributed by atoms with Gasteiger partial charge in [0, 0.05) is 25.4 Å². The van der Waals surface area contributed by atoms with E-state index in [2.05, 4.69) is 12.2 Å². The predicted molar refractivity (Wildman–Crippen MR) is 126 cm³/mol. The van der Waals surface area contributed by atoms with Crippen LogP contribution in [-0.2, 0) is 14.6 Å². The number of rotatable bonds is 13. The molecule has 0 aliphatic carbocycles. The number of amides is 2. The molecule has 0 spiro atoms. The molecule has 8 nitrogen and oxygen atoms in total. The summed E-state index contributed by atoms with van der Waals surface area (Å²) in [5.41, 5.74) is 0.456. The Labute approximate surface area is 195 Å². The summed E-state index contributed by atoms with van der Waals surface area (Å²) in [7, 11) is -1.64. The van der Waals surface area contributed by atoms with Crippen LogP contribution >= 0.6 is 0 Å².